The van der Waals surface area contributed by atoms with Crippen molar-refractivity contribution in [1.82, 2.24) is 9.80 Å². The van der Waals surface area contributed by atoms with Crippen LogP contribution >= 0.6 is 0 Å². The van der Waals surface area contributed by atoms with E-state index in [4.69, 9.17) is 14.2 Å². The van der Waals surface area contributed by atoms with Crippen molar-refractivity contribution < 1.29 is 19.3 Å². The van der Waals surface area contributed by atoms with Gasteiger partial charge in [0, 0.05) is 25.0 Å². The normalized spacial score (nSPS) is 21.6. The summed E-state index contributed by atoms with van der Waals surface area (Å²) in [6.45, 7) is 2.39. The van der Waals surface area contributed by atoms with E-state index >= 15 is 0 Å². The van der Waals surface area contributed by atoms with Crippen molar-refractivity contribution in [3.05, 3.63) is 82.8 Å². The van der Waals surface area contributed by atoms with Crippen LogP contribution in [0, 0.1) is 11.8 Å². The molecule has 0 heterocycles. The average molecular weight is 493 g/mol. The predicted molar refractivity (Wildman–Crippen MR) is 143 cm³/mol. The zero-order chi connectivity index (χ0) is 25.7. The van der Waals surface area contributed by atoms with Gasteiger partial charge in [-0.3, -0.25) is 4.90 Å². The maximum atomic E-state index is 9.90. The first-order chi connectivity index (χ1) is 17.4. The molecule has 2 aliphatic rings. The molecule has 0 aromatic heterocycles. The summed E-state index contributed by atoms with van der Waals surface area (Å²) in [6, 6.07) is 14.4. The van der Waals surface area contributed by atoms with Crippen molar-refractivity contribution in [1.29, 1.82) is 0 Å². The summed E-state index contributed by atoms with van der Waals surface area (Å²) in [5.41, 5.74) is 3.85. The summed E-state index contributed by atoms with van der Waals surface area (Å²) in [5.74, 6) is 3.62. The first kappa shape index (κ1) is 26.1. The number of hydrogen-bond donors (Lipinski definition) is 1. The zero-order valence-corrected chi connectivity index (χ0v) is 22.2. The van der Waals surface area contributed by atoms with Gasteiger partial charge in [0.25, 0.3) is 0 Å². The van der Waals surface area contributed by atoms with Crippen molar-refractivity contribution in [3.63, 3.8) is 0 Å². The van der Waals surface area contributed by atoms with E-state index in [1.54, 1.807) is 20.3 Å². The van der Waals surface area contributed by atoms with Gasteiger partial charge in [0.05, 0.1) is 14.2 Å². The summed E-state index contributed by atoms with van der Waals surface area (Å²) < 4.78 is 17.3. The van der Waals surface area contributed by atoms with Crippen molar-refractivity contribution >= 4 is 0 Å². The molecule has 2 aromatic carbocycles. The summed E-state index contributed by atoms with van der Waals surface area (Å²) >= 11 is 0. The second-order valence-electron chi connectivity index (χ2n) is 10.2. The number of aromatic hydroxyl groups is 1. The molecule has 0 spiro atoms. The molecule has 0 aliphatic heterocycles. The number of methoxy groups -OCH3 is 2. The molecule has 6 nitrogen and oxygen atoms in total. The molecule has 2 unspecified atom stereocenters. The Morgan fingerprint density at radius 3 is 2.33 bits per heavy atom. The molecule has 0 radical (unpaired) electrons. The number of hydrogen-bond acceptors (Lipinski definition) is 6. The van der Waals surface area contributed by atoms with Crippen molar-refractivity contribution in [2.45, 2.75) is 31.8 Å². The van der Waals surface area contributed by atoms with Crippen LogP contribution in [0.1, 0.15) is 23.1 Å². The highest BCUT2D eigenvalue weighted by Crippen LogP contribution is 2.39. The number of fused-ring (bicyclic) bond motifs is 1. The lowest BCUT2D eigenvalue weighted by Crippen LogP contribution is -2.42. The van der Waals surface area contributed by atoms with Crippen LogP contribution < -0.4 is 4.74 Å². The van der Waals surface area contributed by atoms with Gasteiger partial charge in [0.1, 0.15) is 18.1 Å². The Bertz CT molecular complexity index is 1080. The number of likely N-dealkylation sites (N-methyl/N-ethyl adjacent to an activating group) is 2. The molecule has 2 aromatic rings. The van der Waals surface area contributed by atoms with Gasteiger partial charge in [0.15, 0.2) is 11.5 Å². The van der Waals surface area contributed by atoms with Crippen molar-refractivity contribution in [2.75, 3.05) is 48.5 Å². The second-order valence-corrected chi connectivity index (χ2v) is 10.2. The fourth-order valence-corrected chi connectivity index (χ4v) is 5.41. The summed E-state index contributed by atoms with van der Waals surface area (Å²) in [6.07, 6.45) is 7.53. The van der Waals surface area contributed by atoms with Gasteiger partial charge in [-0.25, -0.2) is 0 Å². The van der Waals surface area contributed by atoms with E-state index in [1.807, 2.05) is 20.2 Å². The predicted octanol–water partition coefficient (Wildman–Crippen LogP) is 4.63. The maximum absolute atomic E-state index is 9.90. The molecule has 0 saturated heterocycles. The Morgan fingerprint density at radius 1 is 0.917 bits per heavy atom. The third-order valence-corrected chi connectivity index (χ3v) is 7.42. The standard InChI is InChI=1S/C30H40N2O4/c1-31(2)14-15-36-26-12-6-21(7-13-26)20-32(3)28-19-30(35-5)29(34-4)18-27(28)24-9-8-23-17-25(33)11-10-22(23)16-24/h6-7,10-13,17-19,24,27-28,33H,8-9,14-16,20H2,1-5H3/t24-,27?,28?/m1/s1. The van der Waals surface area contributed by atoms with Crippen LogP contribution in [0.25, 0.3) is 0 Å². The average Bonchev–Trinajstić information content (AvgIpc) is 2.88. The second kappa shape index (κ2) is 11.8. The summed E-state index contributed by atoms with van der Waals surface area (Å²) in [7, 11) is 9.69. The third kappa shape index (κ3) is 6.23. The van der Waals surface area contributed by atoms with Crippen LogP contribution in [-0.4, -0.2) is 69.5 Å². The molecule has 0 amide bonds. The molecule has 4 rings (SSSR count). The fraction of sp³-hybridized carbons (Fsp3) is 0.467. The minimum Gasteiger partial charge on any atom is -0.508 e. The van der Waals surface area contributed by atoms with Crippen LogP contribution in [0.4, 0.5) is 0 Å². The number of aryl methyl sites for hydroxylation is 1. The molecule has 0 saturated carbocycles. The van der Waals surface area contributed by atoms with Crippen LogP contribution in [0.3, 0.4) is 0 Å². The largest absolute Gasteiger partial charge is 0.508 e. The molecule has 1 N–H and O–H groups in total. The van der Waals surface area contributed by atoms with Gasteiger partial charge in [-0.15, -0.1) is 0 Å². The first-order valence-electron chi connectivity index (χ1n) is 12.8. The number of ether oxygens (including phenoxy) is 3. The maximum Gasteiger partial charge on any atom is 0.158 e. The van der Waals surface area contributed by atoms with Crippen molar-refractivity contribution in [3.8, 4) is 11.5 Å². The van der Waals surface area contributed by atoms with Gasteiger partial charge in [0.2, 0.25) is 0 Å². The van der Waals surface area contributed by atoms with E-state index in [-0.39, 0.29) is 6.04 Å². The van der Waals surface area contributed by atoms with Crippen LogP contribution in [0.15, 0.2) is 66.1 Å². The highest BCUT2D eigenvalue weighted by atomic mass is 16.5. The molecule has 0 bridgehead atoms. The molecular formula is C30H40N2O4. The quantitative estimate of drug-likeness (QED) is 0.522. The summed E-state index contributed by atoms with van der Waals surface area (Å²) in [4.78, 5) is 4.52. The number of nitrogens with zero attached hydrogens (tertiary/aromatic N) is 2. The van der Waals surface area contributed by atoms with Gasteiger partial charge in [-0.1, -0.05) is 18.2 Å². The molecule has 2 aliphatic carbocycles. The first-order valence-corrected chi connectivity index (χ1v) is 12.8. The third-order valence-electron chi connectivity index (χ3n) is 7.42. The Balaban J connectivity index is 1.50. The zero-order valence-electron chi connectivity index (χ0n) is 22.2. The van der Waals surface area contributed by atoms with Gasteiger partial charge < -0.3 is 24.2 Å². The number of phenolic OH excluding ortho intramolecular Hbond substituents is 1. The minimum atomic E-state index is 0.179. The molecule has 36 heavy (non-hydrogen) atoms. The van der Waals surface area contributed by atoms with Crippen LogP contribution in [0.5, 0.6) is 11.5 Å². The van der Waals surface area contributed by atoms with E-state index in [0.717, 1.165) is 49.6 Å². The number of benzene rings is 2. The monoisotopic (exact) mass is 492 g/mol. The fourth-order valence-electron chi connectivity index (χ4n) is 5.41. The molecule has 6 heteroatoms. The number of rotatable bonds is 10. The SMILES string of the molecule is COC1=CC([C@@H]2CCc3cc(O)ccc3C2)C(N(C)Cc2ccc(OCCN(C)C)cc2)C=C1OC. The van der Waals surface area contributed by atoms with E-state index < -0.39 is 0 Å². The lowest BCUT2D eigenvalue weighted by molar-refractivity contribution is 0.148. The Hall–Kier alpha value is -2.96. The Kier molecular flexibility index (Phi) is 8.60. The van der Waals surface area contributed by atoms with Crippen LogP contribution in [-0.2, 0) is 28.9 Å². The molecule has 0 fully saturated rings. The van der Waals surface area contributed by atoms with Crippen LogP contribution in [0.2, 0.25) is 0 Å². The topological polar surface area (TPSA) is 54.4 Å². The highest BCUT2D eigenvalue weighted by molar-refractivity contribution is 5.38. The molecule has 3 atom stereocenters. The lowest BCUT2D eigenvalue weighted by Gasteiger charge is -2.40. The lowest BCUT2D eigenvalue weighted by atomic mass is 9.72. The van der Waals surface area contributed by atoms with E-state index in [9.17, 15) is 5.11 Å². The van der Waals surface area contributed by atoms with E-state index in [2.05, 4.69) is 59.3 Å². The minimum absolute atomic E-state index is 0.179. The smallest absolute Gasteiger partial charge is 0.158 e. The molecule has 194 valence electrons. The molecular weight excluding hydrogens is 452 g/mol. The van der Waals surface area contributed by atoms with E-state index in [1.165, 1.54) is 16.7 Å². The summed E-state index contributed by atoms with van der Waals surface area (Å²) in [5, 5.41) is 9.90. The Morgan fingerprint density at radius 2 is 1.64 bits per heavy atom. The highest BCUT2D eigenvalue weighted by Gasteiger charge is 2.36. The van der Waals surface area contributed by atoms with Gasteiger partial charge in [-0.2, -0.15) is 0 Å². The van der Waals surface area contributed by atoms with Gasteiger partial charge in [-0.05, 0) is 99.4 Å². The van der Waals surface area contributed by atoms with Gasteiger partial charge >= 0.3 is 0 Å². The van der Waals surface area contributed by atoms with Crippen molar-refractivity contribution in [2.24, 2.45) is 11.8 Å². The van der Waals surface area contributed by atoms with E-state index in [0.29, 0.717) is 24.2 Å². The number of phenols is 1. The Labute approximate surface area is 215 Å².